The topological polar surface area (TPSA) is 29.1 Å². The van der Waals surface area contributed by atoms with Crippen LogP contribution < -0.4 is 5.32 Å². The standard InChI is InChI=1S/C17H26ClNO/c18-11-15(20)19-17-9-12-6-13(10-17)8-14(7-12)16(17)4-2-1-3-5-16/h12-14H,1-11H2,(H,19,20)/t12-,13+,14?,17?. The van der Waals surface area contributed by atoms with Gasteiger partial charge in [0, 0.05) is 5.54 Å². The third-order valence-corrected chi connectivity index (χ3v) is 7.40. The summed E-state index contributed by atoms with van der Waals surface area (Å²) < 4.78 is 0. The molecule has 5 saturated carbocycles. The molecule has 1 amide bonds. The summed E-state index contributed by atoms with van der Waals surface area (Å²) >= 11 is 5.81. The normalized spacial score (nSPS) is 44.8. The van der Waals surface area contributed by atoms with Crippen LogP contribution in [0.5, 0.6) is 0 Å². The lowest BCUT2D eigenvalue weighted by Gasteiger charge is -2.69. The fourth-order valence-corrected chi connectivity index (χ4v) is 6.88. The second-order valence-electron chi connectivity index (χ2n) is 8.03. The predicted octanol–water partition coefficient (Wildman–Crippen LogP) is 3.87. The lowest BCUT2D eigenvalue weighted by atomic mass is 9.39. The molecule has 0 aromatic rings. The lowest BCUT2D eigenvalue weighted by molar-refractivity contribution is -0.165. The van der Waals surface area contributed by atoms with E-state index in [1.807, 2.05) is 0 Å². The van der Waals surface area contributed by atoms with E-state index in [4.69, 9.17) is 11.6 Å². The van der Waals surface area contributed by atoms with Crippen LogP contribution in [0, 0.1) is 23.2 Å². The summed E-state index contributed by atoms with van der Waals surface area (Å²) in [5, 5.41) is 3.46. The molecule has 0 aromatic carbocycles. The maximum atomic E-state index is 12.1. The van der Waals surface area contributed by atoms with Crippen molar-refractivity contribution in [1.82, 2.24) is 5.32 Å². The number of hydrogen-bond acceptors (Lipinski definition) is 1. The van der Waals surface area contributed by atoms with Crippen LogP contribution in [0.4, 0.5) is 0 Å². The molecule has 5 aliphatic carbocycles. The second kappa shape index (κ2) is 4.63. The van der Waals surface area contributed by atoms with Gasteiger partial charge in [-0.1, -0.05) is 19.3 Å². The minimum absolute atomic E-state index is 0.0681. The first-order valence-corrected chi connectivity index (χ1v) is 9.08. The molecule has 4 bridgehead atoms. The third kappa shape index (κ3) is 1.73. The van der Waals surface area contributed by atoms with Crippen LogP contribution in [-0.4, -0.2) is 17.3 Å². The summed E-state index contributed by atoms with van der Waals surface area (Å²) in [6.45, 7) is 0. The molecule has 0 radical (unpaired) electrons. The Labute approximate surface area is 127 Å². The van der Waals surface area contributed by atoms with Gasteiger partial charge in [-0.3, -0.25) is 4.79 Å². The van der Waals surface area contributed by atoms with Gasteiger partial charge in [0.15, 0.2) is 0 Å². The molecule has 5 rings (SSSR count). The van der Waals surface area contributed by atoms with E-state index < -0.39 is 0 Å². The summed E-state index contributed by atoms with van der Waals surface area (Å²) in [7, 11) is 0. The Kier molecular flexibility index (Phi) is 3.11. The minimum atomic E-state index is 0.0681. The van der Waals surface area contributed by atoms with E-state index in [0.717, 1.165) is 17.8 Å². The van der Waals surface area contributed by atoms with Crippen molar-refractivity contribution < 1.29 is 4.79 Å². The Morgan fingerprint density at radius 3 is 2.30 bits per heavy atom. The van der Waals surface area contributed by atoms with Gasteiger partial charge in [-0.25, -0.2) is 0 Å². The van der Waals surface area contributed by atoms with Gasteiger partial charge in [0.1, 0.15) is 5.88 Å². The highest BCUT2D eigenvalue weighted by Gasteiger charge is 2.65. The quantitative estimate of drug-likeness (QED) is 0.770. The van der Waals surface area contributed by atoms with Crippen LogP contribution in [0.15, 0.2) is 0 Å². The number of amides is 1. The molecule has 2 nitrogen and oxygen atoms in total. The van der Waals surface area contributed by atoms with E-state index in [-0.39, 0.29) is 17.3 Å². The van der Waals surface area contributed by atoms with E-state index in [1.54, 1.807) is 0 Å². The van der Waals surface area contributed by atoms with Crippen molar-refractivity contribution in [3.8, 4) is 0 Å². The Morgan fingerprint density at radius 1 is 1.05 bits per heavy atom. The first kappa shape index (κ1) is 13.4. The fourth-order valence-electron chi connectivity index (χ4n) is 6.81. The summed E-state index contributed by atoms with van der Waals surface area (Å²) in [6, 6.07) is 0. The van der Waals surface area contributed by atoms with Crippen molar-refractivity contribution in [2.45, 2.75) is 69.7 Å². The number of halogens is 1. The Bertz CT molecular complexity index is 401. The van der Waals surface area contributed by atoms with Crippen LogP contribution in [0.3, 0.4) is 0 Å². The van der Waals surface area contributed by atoms with Crippen molar-refractivity contribution in [2.75, 3.05) is 5.88 Å². The monoisotopic (exact) mass is 295 g/mol. The minimum Gasteiger partial charge on any atom is -0.349 e. The zero-order chi connectivity index (χ0) is 13.8. The molecular weight excluding hydrogens is 270 g/mol. The Morgan fingerprint density at radius 2 is 1.70 bits per heavy atom. The van der Waals surface area contributed by atoms with Crippen molar-refractivity contribution in [3.05, 3.63) is 0 Å². The number of alkyl halides is 1. The highest BCUT2D eigenvalue weighted by Crippen LogP contribution is 2.68. The van der Waals surface area contributed by atoms with Gasteiger partial charge in [0.05, 0.1) is 0 Å². The highest BCUT2D eigenvalue weighted by atomic mass is 35.5. The van der Waals surface area contributed by atoms with Crippen LogP contribution in [-0.2, 0) is 4.79 Å². The van der Waals surface area contributed by atoms with Gasteiger partial charge in [-0.2, -0.15) is 0 Å². The number of nitrogens with one attached hydrogen (secondary N) is 1. The van der Waals surface area contributed by atoms with E-state index in [9.17, 15) is 4.79 Å². The average molecular weight is 296 g/mol. The summed E-state index contributed by atoms with van der Waals surface area (Å²) in [5.74, 6) is 2.81. The highest BCUT2D eigenvalue weighted by molar-refractivity contribution is 6.27. The molecular formula is C17H26ClNO. The van der Waals surface area contributed by atoms with Gasteiger partial charge in [-0.05, 0) is 68.1 Å². The van der Waals surface area contributed by atoms with Gasteiger partial charge >= 0.3 is 0 Å². The van der Waals surface area contributed by atoms with Crippen LogP contribution in [0.25, 0.3) is 0 Å². The number of hydrogen-bond donors (Lipinski definition) is 1. The predicted molar refractivity (Wildman–Crippen MR) is 80.7 cm³/mol. The molecule has 2 unspecified atom stereocenters. The van der Waals surface area contributed by atoms with E-state index in [1.165, 1.54) is 64.2 Å². The van der Waals surface area contributed by atoms with E-state index in [2.05, 4.69) is 5.32 Å². The molecule has 0 saturated heterocycles. The summed E-state index contributed by atoms with van der Waals surface area (Å²) in [5.41, 5.74) is 0.522. The summed E-state index contributed by atoms with van der Waals surface area (Å²) in [6.07, 6.45) is 13.6. The van der Waals surface area contributed by atoms with Gasteiger partial charge in [0.2, 0.25) is 5.91 Å². The molecule has 0 heterocycles. The third-order valence-electron chi connectivity index (χ3n) is 7.16. The SMILES string of the molecule is O=C(CCl)NC12C[C@@H]3CC(C[C@@H](C3)C1)C21CCCCC1. The Balaban J connectivity index is 1.72. The largest absolute Gasteiger partial charge is 0.349 e. The second-order valence-corrected chi connectivity index (χ2v) is 8.29. The lowest BCUT2D eigenvalue weighted by Crippen LogP contribution is -2.71. The van der Waals surface area contributed by atoms with Crippen LogP contribution in [0.1, 0.15) is 64.2 Å². The zero-order valence-electron chi connectivity index (χ0n) is 12.3. The molecule has 1 spiro atoms. The molecule has 4 atom stereocenters. The van der Waals surface area contributed by atoms with Crippen molar-refractivity contribution in [1.29, 1.82) is 0 Å². The molecule has 112 valence electrons. The van der Waals surface area contributed by atoms with Crippen molar-refractivity contribution >= 4 is 17.5 Å². The molecule has 5 fully saturated rings. The van der Waals surface area contributed by atoms with E-state index in [0.29, 0.717) is 5.41 Å². The first-order chi connectivity index (χ1) is 9.67. The molecule has 0 aromatic heterocycles. The zero-order valence-corrected chi connectivity index (χ0v) is 13.1. The number of carbonyl (C=O) groups is 1. The molecule has 0 aliphatic heterocycles. The summed E-state index contributed by atoms with van der Waals surface area (Å²) in [4.78, 5) is 12.1. The van der Waals surface area contributed by atoms with Gasteiger partial charge < -0.3 is 5.32 Å². The smallest absolute Gasteiger partial charge is 0.235 e. The molecule has 5 aliphatic rings. The fraction of sp³-hybridized carbons (Fsp3) is 0.941. The van der Waals surface area contributed by atoms with Crippen molar-refractivity contribution in [2.24, 2.45) is 23.2 Å². The number of rotatable bonds is 2. The van der Waals surface area contributed by atoms with E-state index >= 15 is 0 Å². The maximum Gasteiger partial charge on any atom is 0.235 e. The molecule has 20 heavy (non-hydrogen) atoms. The van der Waals surface area contributed by atoms with Crippen LogP contribution in [0.2, 0.25) is 0 Å². The maximum absolute atomic E-state index is 12.1. The average Bonchev–Trinajstić information content (AvgIpc) is 2.45. The van der Waals surface area contributed by atoms with Gasteiger partial charge in [-0.15, -0.1) is 11.6 Å². The first-order valence-electron chi connectivity index (χ1n) is 8.54. The number of carbonyl (C=O) groups excluding carboxylic acids is 1. The Hall–Kier alpha value is -0.240. The molecule has 1 N–H and O–H groups in total. The van der Waals surface area contributed by atoms with Gasteiger partial charge in [0.25, 0.3) is 0 Å². The van der Waals surface area contributed by atoms with Crippen LogP contribution >= 0.6 is 11.6 Å². The molecule has 3 heteroatoms. The van der Waals surface area contributed by atoms with Crippen molar-refractivity contribution in [3.63, 3.8) is 0 Å².